The Balaban J connectivity index is 1.68. The zero-order chi connectivity index (χ0) is 22.8. The van der Waals surface area contributed by atoms with Gasteiger partial charge in [0, 0.05) is 18.2 Å². The largest absolute Gasteiger partial charge is 0.457 e. The van der Waals surface area contributed by atoms with Crippen molar-refractivity contribution in [2.45, 2.75) is 18.9 Å². The summed E-state index contributed by atoms with van der Waals surface area (Å²) in [7, 11) is 0. The summed E-state index contributed by atoms with van der Waals surface area (Å²) < 4.78 is 20.3. The lowest BCUT2D eigenvalue weighted by atomic mass is 10.1. The van der Waals surface area contributed by atoms with Crippen molar-refractivity contribution in [1.29, 1.82) is 5.26 Å². The average Bonchev–Trinajstić information content (AvgIpc) is 3.12. The number of nitrogen functional groups attached to an aromatic ring is 1. The van der Waals surface area contributed by atoms with Crippen molar-refractivity contribution >= 4 is 23.3 Å². The molecule has 4 rings (SSSR count). The van der Waals surface area contributed by atoms with Crippen LogP contribution in [-0.2, 0) is 0 Å². The Hall–Kier alpha value is -3.77. The predicted octanol–water partition coefficient (Wildman–Crippen LogP) is 3.93. The molecule has 32 heavy (non-hydrogen) atoms. The molecule has 0 spiro atoms. The lowest BCUT2D eigenvalue weighted by Crippen LogP contribution is -2.34. The zero-order valence-corrected chi connectivity index (χ0v) is 17.7. The van der Waals surface area contributed by atoms with Crippen LogP contribution in [0.1, 0.15) is 29.2 Å². The van der Waals surface area contributed by atoms with Gasteiger partial charge in [-0.1, -0.05) is 11.6 Å². The smallest absolute Gasteiger partial charge is 0.254 e. The monoisotopic (exact) mass is 454 g/mol. The molecule has 0 bridgehead atoms. The van der Waals surface area contributed by atoms with E-state index in [0.717, 1.165) is 12.8 Å². The summed E-state index contributed by atoms with van der Waals surface area (Å²) in [5.41, 5.74) is 12.7. The number of hydrogen-bond acceptors (Lipinski definition) is 6. The topological polar surface area (TPSA) is 123 Å². The fourth-order valence-electron chi connectivity index (χ4n) is 3.79. The summed E-state index contributed by atoms with van der Waals surface area (Å²) in [6.07, 6.45) is 3.71. The Morgan fingerprint density at radius 1 is 1.25 bits per heavy atom. The van der Waals surface area contributed by atoms with E-state index in [2.05, 4.69) is 11.3 Å². The van der Waals surface area contributed by atoms with Gasteiger partial charge in [-0.3, -0.25) is 4.79 Å². The van der Waals surface area contributed by atoms with Crippen molar-refractivity contribution in [3.63, 3.8) is 0 Å². The number of carbonyl (C=O) groups excluding carboxylic acids is 1. The van der Waals surface area contributed by atoms with Crippen molar-refractivity contribution in [3.8, 4) is 28.9 Å². The maximum Gasteiger partial charge on any atom is 0.254 e. The van der Waals surface area contributed by atoms with Crippen molar-refractivity contribution < 1.29 is 13.9 Å². The number of halogens is 2. The van der Waals surface area contributed by atoms with Crippen molar-refractivity contribution in [2.24, 2.45) is 5.73 Å². The second kappa shape index (κ2) is 8.77. The number of nitrogens with zero attached hydrogens (tertiary/aromatic N) is 4. The molecular weight excluding hydrogens is 435 g/mol. The van der Waals surface area contributed by atoms with Gasteiger partial charge in [-0.15, -0.1) is 0 Å². The molecule has 1 aliphatic heterocycles. The standard InChI is InChI=1S/C22H20ClFN6O2/c23-18-10-16(32-15-5-3-13(24)4-6-15)7-8-17(18)20-19(22(27)31)21(26)30(28-20)14-2-1-9-29(11-14)12-25/h3-8,10,14H,1-2,9,11,26H2,(H2,27,31). The summed E-state index contributed by atoms with van der Waals surface area (Å²) in [5.74, 6) is -0.0793. The van der Waals surface area contributed by atoms with E-state index in [1.54, 1.807) is 27.8 Å². The molecule has 0 radical (unpaired) electrons. The minimum atomic E-state index is -0.723. The van der Waals surface area contributed by atoms with E-state index in [4.69, 9.17) is 27.8 Å². The first-order chi connectivity index (χ1) is 15.4. The first kappa shape index (κ1) is 21.5. The van der Waals surface area contributed by atoms with Crippen LogP contribution in [0.25, 0.3) is 11.3 Å². The van der Waals surface area contributed by atoms with E-state index >= 15 is 0 Å². The third-order valence-electron chi connectivity index (χ3n) is 5.32. The van der Waals surface area contributed by atoms with Gasteiger partial charge in [0.05, 0.1) is 17.6 Å². The number of benzene rings is 2. The molecule has 1 unspecified atom stereocenters. The molecule has 8 nitrogen and oxygen atoms in total. The van der Waals surface area contributed by atoms with Crippen LogP contribution in [0.15, 0.2) is 42.5 Å². The molecule has 0 aliphatic carbocycles. The second-order valence-electron chi connectivity index (χ2n) is 7.46. The highest BCUT2D eigenvalue weighted by molar-refractivity contribution is 6.33. The molecule has 1 aliphatic rings. The molecule has 3 aromatic rings. The number of hydrogen-bond donors (Lipinski definition) is 2. The second-order valence-corrected chi connectivity index (χ2v) is 7.86. The number of nitriles is 1. The highest BCUT2D eigenvalue weighted by Gasteiger charge is 2.29. The number of ether oxygens (including phenoxy) is 1. The van der Waals surface area contributed by atoms with Crippen LogP contribution < -0.4 is 16.2 Å². The van der Waals surface area contributed by atoms with Crippen LogP contribution in [-0.4, -0.2) is 33.7 Å². The maximum absolute atomic E-state index is 13.1. The highest BCUT2D eigenvalue weighted by atomic mass is 35.5. The number of likely N-dealkylation sites (tertiary alicyclic amines) is 1. The number of rotatable bonds is 5. The number of nitrogens with two attached hydrogens (primary N) is 2. The number of piperidine rings is 1. The van der Waals surface area contributed by atoms with Crippen LogP contribution in [0.5, 0.6) is 11.5 Å². The molecule has 2 heterocycles. The molecule has 0 saturated carbocycles. The Bertz CT molecular complexity index is 1200. The normalized spacial score (nSPS) is 15.9. The van der Waals surface area contributed by atoms with Gasteiger partial charge < -0.3 is 21.1 Å². The highest BCUT2D eigenvalue weighted by Crippen LogP contribution is 2.37. The Morgan fingerprint density at radius 2 is 1.97 bits per heavy atom. The molecule has 10 heteroatoms. The summed E-state index contributed by atoms with van der Waals surface area (Å²) in [6.45, 7) is 1.11. The van der Waals surface area contributed by atoms with Gasteiger partial charge in [0.2, 0.25) is 0 Å². The van der Waals surface area contributed by atoms with Crippen LogP contribution in [0.4, 0.5) is 10.2 Å². The molecule has 1 atom stereocenters. The molecule has 1 fully saturated rings. The minimum Gasteiger partial charge on any atom is -0.457 e. The summed E-state index contributed by atoms with van der Waals surface area (Å²) in [4.78, 5) is 13.8. The van der Waals surface area contributed by atoms with Gasteiger partial charge in [-0.25, -0.2) is 9.07 Å². The van der Waals surface area contributed by atoms with Gasteiger partial charge in [0.25, 0.3) is 5.91 Å². The first-order valence-corrected chi connectivity index (χ1v) is 10.3. The Morgan fingerprint density at radius 3 is 2.62 bits per heavy atom. The fourth-order valence-corrected chi connectivity index (χ4v) is 4.05. The SMILES string of the molecule is N#CN1CCCC(n2nc(-c3ccc(Oc4ccc(F)cc4)cc3Cl)c(C(N)=O)c2N)C1. The van der Waals surface area contributed by atoms with Gasteiger partial charge >= 0.3 is 0 Å². The molecule has 1 amide bonds. The van der Waals surface area contributed by atoms with Crippen molar-refractivity contribution in [1.82, 2.24) is 14.7 Å². The Kier molecular flexibility index (Phi) is 5.88. The van der Waals surface area contributed by atoms with Crippen LogP contribution >= 0.6 is 11.6 Å². The number of carbonyl (C=O) groups is 1. The van der Waals surface area contributed by atoms with Crippen molar-refractivity contribution in [3.05, 3.63) is 58.9 Å². The number of anilines is 1. The van der Waals surface area contributed by atoms with Gasteiger partial charge in [0.1, 0.15) is 34.4 Å². The molecule has 4 N–H and O–H groups in total. The lowest BCUT2D eigenvalue weighted by Gasteiger charge is -2.29. The maximum atomic E-state index is 13.1. The predicted molar refractivity (Wildman–Crippen MR) is 118 cm³/mol. The summed E-state index contributed by atoms with van der Waals surface area (Å²) >= 11 is 6.49. The van der Waals surface area contributed by atoms with E-state index in [1.807, 2.05) is 0 Å². The third-order valence-corrected chi connectivity index (χ3v) is 5.64. The quantitative estimate of drug-likeness (QED) is 0.563. The van der Waals surface area contributed by atoms with E-state index in [0.29, 0.717) is 30.2 Å². The molecule has 1 aromatic heterocycles. The average molecular weight is 455 g/mol. The first-order valence-electron chi connectivity index (χ1n) is 9.93. The molecule has 1 saturated heterocycles. The molecular formula is C22H20ClFN6O2. The van der Waals surface area contributed by atoms with Crippen LogP contribution in [0, 0.1) is 17.3 Å². The number of primary amides is 1. The van der Waals surface area contributed by atoms with Gasteiger partial charge in [0.15, 0.2) is 6.19 Å². The summed E-state index contributed by atoms with van der Waals surface area (Å²) in [6, 6.07) is 10.3. The van der Waals surface area contributed by atoms with Gasteiger partial charge in [-0.2, -0.15) is 10.4 Å². The van der Waals surface area contributed by atoms with E-state index in [1.165, 1.54) is 24.3 Å². The number of amides is 1. The van der Waals surface area contributed by atoms with Crippen molar-refractivity contribution in [2.75, 3.05) is 18.8 Å². The zero-order valence-electron chi connectivity index (χ0n) is 17.0. The summed E-state index contributed by atoms with van der Waals surface area (Å²) in [5, 5.41) is 14.1. The number of aromatic nitrogens is 2. The Labute approximate surface area is 188 Å². The van der Waals surface area contributed by atoms with Crippen LogP contribution in [0.2, 0.25) is 5.02 Å². The van der Waals surface area contributed by atoms with E-state index in [-0.39, 0.29) is 34.0 Å². The lowest BCUT2D eigenvalue weighted by molar-refractivity contribution is 0.100. The fraction of sp³-hybridized carbons (Fsp3) is 0.227. The van der Waals surface area contributed by atoms with Crippen LogP contribution in [0.3, 0.4) is 0 Å². The van der Waals surface area contributed by atoms with E-state index in [9.17, 15) is 14.4 Å². The minimum absolute atomic E-state index is 0.0770. The van der Waals surface area contributed by atoms with E-state index < -0.39 is 5.91 Å². The molecule has 2 aromatic carbocycles. The third kappa shape index (κ3) is 4.18. The van der Waals surface area contributed by atoms with Gasteiger partial charge in [-0.05, 0) is 49.2 Å². The molecule has 164 valence electrons.